The maximum absolute atomic E-state index is 13.1. The minimum absolute atomic E-state index is 0.0692. The van der Waals surface area contributed by atoms with Gasteiger partial charge in [0, 0.05) is 31.6 Å². The SMILES string of the molecule is CCOC(=O)N1CCC(N(CCC(=O)OC)C(=O)C2CCCCC2)CC1. The largest absolute Gasteiger partial charge is 0.469 e. The Labute approximate surface area is 156 Å². The summed E-state index contributed by atoms with van der Waals surface area (Å²) in [4.78, 5) is 40.1. The van der Waals surface area contributed by atoms with E-state index >= 15 is 0 Å². The van der Waals surface area contributed by atoms with E-state index in [2.05, 4.69) is 0 Å². The molecule has 0 bridgehead atoms. The van der Waals surface area contributed by atoms with Crippen LogP contribution in [0.1, 0.15) is 58.3 Å². The van der Waals surface area contributed by atoms with Gasteiger partial charge in [0.25, 0.3) is 0 Å². The molecule has 0 radical (unpaired) electrons. The molecule has 7 nitrogen and oxygen atoms in total. The Balaban J connectivity index is 1.97. The fourth-order valence-electron chi connectivity index (χ4n) is 3.95. The van der Waals surface area contributed by atoms with Crippen LogP contribution in [0.4, 0.5) is 4.79 Å². The molecule has 2 aliphatic rings. The lowest BCUT2D eigenvalue weighted by atomic mass is 9.87. The lowest BCUT2D eigenvalue weighted by molar-refractivity contribution is -0.144. The Morgan fingerprint density at radius 2 is 1.69 bits per heavy atom. The summed E-state index contributed by atoms with van der Waals surface area (Å²) >= 11 is 0. The number of ether oxygens (including phenoxy) is 2. The zero-order valence-corrected chi connectivity index (χ0v) is 16.1. The van der Waals surface area contributed by atoms with Gasteiger partial charge in [-0.05, 0) is 32.6 Å². The first kappa shape index (κ1) is 20.5. The molecule has 148 valence electrons. The molecular weight excluding hydrogens is 336 g/mol. The van der Waals surface area contributed by atoms with Crippen molar-refractivity contribution in [1.29, 1.82) is 0 Å². The molecule has 1 saturated carbocycles. The average Bonchev–Trinajstić information content (AvgIpc) is 2.69. The van der Waals surface area contributed by atoms with E-state index in [4.69, 9.17) is 9.47 Å². The van der Waals surface area contributed by atoms with Gasteiger partial charge in [0.15, 0.2) is 0 Å². The molecule has 0 N–H and O–H groups in total. The number of carbonyl (C=O) groups excluding carboxylic acids is 3. The summed E-state index contributed by atoms with van der Waals surface area (Å²) < 4.78 is 9.80. The van der Waals surface area contributed by atoms with Gasteiger partial charge in [-0.3, -0.25) is 9.59 Å². The van der Waals surface area contributed by atoms with E-state index in [1.165, 1.54) is 13.5 Å². The van der Waals surface area contributed by atoms with Crippen molar-refractivity contribution in [2.24, 2.45) is 5.92 Å². The van der Waals surface area contributed by atoms with Crippen LogP contribution in [0.2, 0.25) is 0 Å². The summed E-state index contributed by atoms with van der Waals surface area (Å²) in [5.74, 6) is -0.0527. The highest BCUT2D eigenvalue weighted by molar-refractivity contribution is 5.80. The van der Waals surface area contributed by atoms with Gasteiger partial charge in [0.1, 0.15) is 0 Å². The number of carbonyl (C=O) groups is 3. The third-order valence-corrected chi connectivity index (χ3v) is 5.45. The fraction of sp³-hybridized carbons (Fsp3) is 0.842. The third kappa shape index (κ3) is 5.61. The number of hydrogen-bond acceptors (Lipinski definition) is 5. The first-order valence-corrected chi connectivity index (χ1v) is 9.85. The van der Waals surface area contributed by atoms with Crippen LogP contribution >= 0.6 is 0 Å². The summed E-state index contributed by atoms with van der Waals surface area (Å²) in [5, 5.41) is 0. The van der Waals surface area contributed by atoms with Crippen LogP contribution in [0.15, 0.2) is 0 Å². The second-order valence-corrected chi connectivity index (χ2v) is 7.11. The summed E-state index contributed by atoms with van der Waals surface area (Å²) in [7, 11) is 1.37. The molecule has 7 heteroatoms. The van der Waals surface area contributed by atoms with Crippen LogP contribution < -0.4 is 0 Å². The fourth-order valence-corrected chi connectivity index (χ4v) is 3.95. The van der Waals surface area contributed by atoms with Crippen LogP contribution in [-0.4, -0.2) is 67.2 Å². The van der Waals surface area contributed by atoms with Crippen molar-refractivity contribution in [3.63, 3.8) is 0 Å². The predicted molar refractivity (Wildman–Crippen MR) is 96.5 cm³/mol. The lowest BCUT2D eigenvalue weighted by Gasteiger charge is -2.40. The highest BCUT2D eigenvalue weighted by Crippen LogP contribution is 2.28. The normalized spacial score (nSPS) is 19.1. The Hall–Kier alpha value is -1.79. The molecule has 1 aliphatic carbocycles. The highest BCUT2D eigenvalue weighted by Gasteiger charge is 2.33. The maximum atomic E-state index is 13.1. The van der Waals surface area contributed by atoms with Gasteiger partial charge < -0.3 is 19.3 Å². The molecule has 0 spiro atoms. The summed E-state index contributed by atoms with van der Waals surface area (Å²) in [5.41, 5.74) is 0. The molecule has 0 unspecified atom stereocenters. The van der Waals surface area contributed by atoms with E-state index in [0.29, 0.717) is 26.2 Å². The van der Waals surface area contributed by atoms with Crippen LogP contribution in [0, 0.1) is 5.92 Å². The summed E-state index contributed by atoms with van der Waals surface area (Å²) in [6, 6.07) is 0.0692. The first-order chi connectivity index (χ1) is 12.6. The van der Waals surface area contributed by atoms with Gasteiger partial charge in [-0.2, -0.15) is 0 Å². The number of piperidine rings is 1. The molecule has 2 rings (SSSR count). The molecular formula is C19H32N2O5. The number of nitrogens with zero attached hydrogens (tertiary/aromatic N) is 2. The van der Waals surface area contributed by atoms with E-state index in [0.717, 1.165) is 38.5 Å². The molecule has 0 aromatic rings. The van der Waals surface area contributed by atoms with Gasteiger partial charge in [0.2, 0.25) is 5.91 Å². The molecule has 2 fully saturated rings. The zero-order chi connectivity index (χ0) is 18.9. The van der Waals surface area contributed by atoms with Gasteiger partial charge >= 0.3 is 12.1 Å². The van der Waals surface area contributed by atoms with Gasteiger partial charge in [-0.25, -0.2) is 4.79 Å². The number of methoxy groups -OCH3 is 1. The van der Waals surface area contributed by atoms with E-state index in [-0.39, 0.29) is 36.4 Å². The van der Waals surface area contributed by atoms with Crippen molar-refractivity contribution >= 4 is 18.0 Å². The van der Waals surface area contributed by atoms with Gasteiger partial charge in [-0.15, -0.1) is 0 Å². The monoisotopic (exact) mass is 368 g/mol. The van der Waals surface area contributed by atoms with Crippen LogP contribution in [-0.2, 0) is 19.1 Å². The van der Waals surface area contributed by atoms with E-state index in [9.17, 15) is 14.4 Å². The van der Waals surface area contributed by atoms with Gasteiger partial charge in [0.05, 0.1) is 20.1 Å². The number of hydrogen-bond donors (Lipinski definition) is 0. The second kappa shape index (κ2) is 10.4. The zero-order valence-electron chi connectivity index (χ0n) is 16.1. The Morgan fingerprint density at radius 3 is 2.27 bits per heavy atom. The Kier molecular flexibility index (Phi) is 8.19. The molecule has 2 amide bonds. The topological polar surface area (TPSA) is 76.2 Å². The van der Waals surface area contributed by atoms with E-state index in [1.54, 1.807) is 11.8 Å². The van der Waals surface area contributed by atoms with E-state index in [1.807, 2.05) is 4.90 Å². The van der Waals surface area contributed by atoms with Crippen LogP contribution in [0.25, 0.3) is 0 Å². The molecule has 1 saturated heterocycles. The summed E-state index contributed by atoms with van der Waals surface area (Å²) in [6.45, 7) is 3.71. The Morgan fingerprint density at radius 1 is 1.04 bits per heavy atom. The number of amides is 2. The molecule has 0 aromatic carbocycles. The third-order valence-electron chi connectivity index (χ3n) is 5.45. The number of likely N-dealkylation sites (tertiary alicyclic amines) is 1. The van der Waals surface area contributed by atoms with Crippen molar-refractivity contribution in [2.45, 2.75) is 64.3 Å². The standard InChI is InChI=1S/C19H32N2O5/c1-3-26-19(24)20-12-9-16(10-13-20)21(14-11-17(22)25-2)18(23)15-7-5-4-6-8-15/h15-16H,3-14H2,1-2H3. The van der Waals surface area contributed by atoms with Crippen molar-refractivity contribution in [1.82, 2.24) is 9.80 Å². The maximum Gasteiger partial charge on any atom is 0.409 e. The number of rotatable bonds is 6. The highest BCUT2D eigenvalue weighted by atomic mass is 16.6. The van der Waals surface area contributed by atoms with Crippen LogP contribution in [0.3, 0.4) is 0 Å². The predicted octanol–water partition coefficient (Wildman–Crippen LogP) is 2.58. The van der Waals surface area contributed by atoms with E-state index < -0.39 is 0 Å². The molecule has 26 heavy (non-hydrogen) atoms. The number of esters is 1. The van der Waals surface area contributed by atoms with Crippen molar-refractivity contribution in [2.75, 3.05) is 33.4 Å². The second-order valence-electron chi connectivity index (χ2n) is 7.11. The van der Waals surface area contributed by atoms with Crippen LogP contribution in [0.5, 0.6) is 0 Å². The quantitative estimate of drug-likeness (QED) is 0.674. The molecule has 0 aromatic heterocycles. The average molecular weight is 368 g/mol. The molecule has 1 heterocycles. The minimum atomic E-state index is -0.296. The molecule has 1 aliphatic heterocycles. The first-order valence-electron chi connectivity index (χ1n) is 9.85. The van der Waals surface area contributed by atoms with Crippen molar-refractivity contribution < 1.29 is 23.9 Å². The lowest BCUT2D eigenvalue weighted by Crippen LogP contribution is -2.51. The minimum Gasteiger partial charge on any atom is -0.469 e. The molecule has 0 atom stereocenters. The smallest absolute Gasteiger partial charge is 0.409 e. The van der Waals surface area contributed by atoms with Crippen molar-refractivity contribution in [3.8, 4) is 0 Å². The Bertz CT molecular complexity index is 482. The summed E-state index contributed by atoms with van der Waals surface area (Å²) in [6.07, 6.45) is 6.65. The van der Waals surface area contributed by atoms with Gasteiger partial charge in [-0.1, -0.05) is 19.3 Å². The van der Waals surface area contributed by atoms with Crippen molar-refractivity contribution in [3.05, 3.63) is 0 Å².